The number of nitrogens with one attached hydrogen (secondary N) is 1. The number of nitro groups is 1. The topological polar surface area (TPSA) is 107 Å². The van der Waals surface area contributed by atoms with E-state index in [-0.39, 0.29) is 24.2 Å². The number of anilines is 1. The third-order valence-corrected chi connectivity index (χ3v) is 2.45. The number of hydrogen-bond donors (Lipinski definition) is 2. The molecule has 0 aliphatic heterocycles. The Labute approximate surface area is 133 Å². The Morgan fingerprint density at radius 3 is 2.70 bits per heavy atom. The van der Waals surface area contributed by atoms with E-state index in [2.05, 4.69) is 17.2 Å². The van der Waals surface area contributed by atoms with E-state index < -0.39 is 28.1 Å². The van der Waals surface area contributed by atoms with Crippen molar-refractivity contribution < 1.29 is 18.8 Å². The van der Waals surface area contributed by atoms with Crippen molar-refractivity contribution in [2.45, 2.75) is 32.8 Å². The first-order valence-corrected chi connectivity index (χ1v) is 6.79. The highest BCUT2D eigenvalue weighted by molar-refractivity contribution is 5.67. The summed E-state index contributed by atoms with van der Waals surface area (Å²) in [5.74, 6) is 4.37. The van der Waals surface area contributed by atoms with E-state index in [0.717, 1.165) is 12.1 Å². The van der Waals surface area contributed by atoms with Gasteiger partial charge in [-0.15, -0.1) is 0 Å². The first kappa shape index (κ1) is 18.2. The maximum Gasteiger partial charge on any atom is 0.407 e. The molecule has 124 valence electrons. The van der Waals surface area contributed by atoms with E-state index in [1.807, 2.05) is 0 Å². The molecule has 8 heteroatoms. The summed E-state index contributed by atoms with van der Waals surface area (Å²) in [4.78, 5) is 21.4. The molecule has 1 amide bonds. The number of hydrogen-bond acceptors (Lipinski definition) is 5. The molecule has 0 unspecified atom stereocenters. The summed E-state index contributed by atoms with van der Waals surface area (Å²) in [6, 6.07) is 1.85. The molecule has 0 radical (unpaired) electrons. The van der Waals surface area contributed by atoms with Gasteiger partial charge in [-0.25, -0.2) is 9.18 Å². The number of nitro benzene ring substituents is 1. The maximum absolute atomic E-state index is 13.6. The fourth-order valence-corrected chi connectivity index (χ4v) is 1.53. The molecule has 0 aliphatic rings. The average molecular weight is 323 g/mol. The molecular formula is C15H18FN3O4. The third kappa shape index (κ3) is 6.22. The molecule has 1 aromatic carbocycles. The van der Waals surface area contributed by atoms with Gasteiger partial charge in [-0.1, -0.05) is 11.8 Å². The number of benzene rings is 1. The van der Waals surface area contributed by atoms with Crippen LogP contribution in [0.1, 0.15) is 32.8 Å². The quantitative estimate of drug-likeness (QED) is 0.292. The van der Waals surface area contributed by atoms with Crippen LogP contribution in [-0.4, -0.2) is 23.2 Å². The fraction of sp³-hybridized carbons (Fsp3) is 0.400. The summed E-state index contributed by atoms with van der Waals surface area (Å²) >= 11 is 0. The van der Waals surface area contributed by atoms with Crippen molar-refractivity contribution in [1.82, 2.24) is 5.32 Å². The van der Waals surface area contributed by atoms with Crippen molar-refractivity contribution >= 4 is 17.5 Å². The Kier molecular flexibility index (Phi) is 5.90. The van der Waals surface area contributed by atoms with Crippen LogP contribution >= 0.6 is 0 Å². The van der Waals surface area contributed by atoms with Gasteiger partial charge < -0.3 is 15.8 Å². The van der Waals surface area contributed by atoms with E-state index in [0.29, 0.717) is 0 Å². The summed E-state index contributed by atoms with van der Waals surface area (Å²) in [6.45, 7) is 5.43. The van der Waals surface area contributed by atoms with Crippen LogP contribution < -0.4 is 11.1 Å². The van der Waals surface area contributed by atoms with Crippen molar-refractivity contribution in [3.63, 3.8) is 0 Å². The zero-order valence-electron chi connectivity index (χ0n) is 13.1. The average Bonchev–Trinajstić information content (AvgIpc) is 2.38. The molecule has 0 saturated carbocycles. The minimum absolute atomic E-state index is 0.122. The second-order valence-electron chi connectivity index (χ2n) is 5.63. The Bertz CT molecular complexity index is 672. The monoisotopic (exact) mass is 323 g/mol. The van der Waals surface area contributed by atoms with Crippen molar-refractivity contribution in [3.8, 4) is 11.8 Å². The van der Waals surface area contributed by atoms with Crippen molar-refractivity contribution in [3.05, 3.63) is 33.6 Å². The normalized spacial score (nSPS) is 10.4. The number of nitrogens with two attached hydrogens (primary N) is 1. The van der Waals surface area contributed by atoms with Gasteiger partial charge in [-0.2, -0.15) is 0 Å². The lowest BCUT2D eigenvalue weighted by atomic mass is 10.1. The Hall–Kier alpha value is -2.82. The van der Waals surface area contributed by atoms with Crippen LogP contribution in [0, 0.1) is 27.8 Å². The standard InChI is InChI=1S/C15H18FN3O4/c1-15(2,3)23-14(20)18-7-5-4-6-10-8-13(19(21)22)12(17)9-11(10)16/h8-9H,5,7,17H2,1-3H3,(H,18,20). The largest absolute Gasteiger partial charge is 0.444 e. The summed E-state index contributed by atoms with van der Waals surface area (Å²) in [5, 5.41) is 13.2. The zero-order chi connectivity index (χ0) is 17.6. The van der Waals surface area contributed by atoms with Gasteiger partial charge >= 0.3 is 6.09 Å². The van der Waals surface area contributed by atoms with E-state index in [9.17, 15) is 19.3 Å². The van der Waals surface area contributed by atoms with Crippen LogP contribution in [-0.2, 0) is 4.74 Å². The highest BCUT2D eigenvalue weighted by Gasteiger charge is 2.16. The first-order valence-electron chi connectivity index (χ1n) is 6.79. The van der Waals surface area contributed by atoms with Gasteiger partial charge in [0, 0.05) is 25.1 Å². The second kappa shape index (κ2) is 7.45. The predicted molar refractivity (Wildman–Crippen MR) is 83.2 cm³/mol. The number of alkyl carbamates (subject to hydrolysis) is 1. The summed E-state index contributed by atoms with van der Waals surface area (Å²) in [5.41, 5.74) is 3.98. The third-order valence-electron chi connectivity index (χ3n) is 2.45. The van der Waals surface area contributed by atoms with Crippen molar-refractivity contribution in [2.75, 3.05) is 12.3 Å². The molecule has 23 heavy (non-hydrogen) atoms. The zero-order valence-corrected chi connectivity index (χ0v) is 13.1. The molecule has 0 spiro atoms. The highest BCUT2D eigenvalue weighted by Crippen LogP contribution is 2.24. The Balaban J connectivity index is 2.62. The van der Waals surface area contributed by atoms with Crippen LogP contribution in [0.2, 0.25) is 0 Å². The lowest BCUT2D eigenvalue weighted by Gasteiger charge is -2.19. The molecule has 0 saturated heterocycles. The van der Waals surface area contributed by atoms with E-state index in [4.69, 9.17) is 10.5 Å². The molecule has 0 atom stereocenters. The lowest BCUT2D eigenvalue weighted by Crippen LogP contribution is -2.32. The van der Waals surface area contributed by atoms with Crippen molar-refractivity contribution in [2.24, 2.45) is 0 Å². The SMILES string of the molecule is CC(C)(C)OC(=O)NCCC#Cc1cc([N+](=O)[O-])c(N)cc1F. The molecule has 1 rings (SSSR count). The number of amides is 1. The highest BCUT2D eigenvalue weighted by atomic mass is 19.1. The van der Waals surface area contributed by atoms with Gasteiger partial charge in [0.05, 0.1) is 10.5 Å². The van der Waals surface area contributed by atoms with Crippen LogP contribution in [0.4, 0.5) is 20.6 Å². The maximum atomic E-state index is 13.6. The minimum atomic E-state index is -0.735. The number of carbonyl (C=O) groups is 1. The first-order chi connectivity index (χ1) is 10.6. The van der Waals surface area contributed by atoms with Crippen LogP contribution in [0.15, 0.2) is 12.1 Å². The van der Waals surface area contributed by atoms with Crippen LogP contribution in [0.3, 0.4) is 0 Å². The molecule has 0 heterocycles. The Morgan fingerprint density at radius 1 is 1.48 bits per heavy atom. The molecule has 0 fully saturated rings. The van der Waals surface area contributed by atoms with Gasteiger partial charge in [0.15, 0.2) is 0 Å². The molecule has 7 nitrogen and oxygen atoms in total. The fourth-order valence-electron chi connectivity index (χ4n) is 1.53. The van der Waals surface area contributed by atoms with E-state index in [1.165, 1.54) is 0 Å². The lowest BCUT2D eigenvalue weighted by molar-refractivity contribution is -0.384. The summed E-state index contributed by atoms with van der Waals surface area (Å²) < 4.78 is 18.7. The number of ether oxygens (including phenoxy) is 1. The molecule has 0 aromatic heterocycles. The van der Waals surface area contributed by atoms with Gasteiger partial charge in [-0.3, -0.25) is 10.1 Å². The molecule has 0 bridgehead atoms. The number of rotatable bonds is 3. The molecule has 1 aromatic rings. The molecular weight excluding hydrogens is 305 g/mol. The van der Waals surface area contributed by atoms with Crippen molar-refractivity contribution in [1.29, 1.82) is 0 Å². The number of halogens is 1. The number of carbonyl (C=O) groups excluding carboxylic acids is 1. The predicted octanol–water partition coefficient (Wildman–Crippen LogP) is 2.58. The summed E-state index contributed by atoms with van der Waals surface area (Å²) in [6.07, 6.45) is -0.342. The van der Waals surface area contributed by atoms with E-state index >= 15 is 0 Å². The summed E-state index contributed by atoms with van der Waals surface area (Å²) in [7, 11) is 0. The number of nitrogen functional groups attached to an aromatic ring is 1. The van der Waals surface area contributed by atoms with Gasteiger partial charge in [-0.05, 0) is 20.8 Å². The van der Waals surface area contributed by atoms with Gasteiger partial charge in [0.25, 0.3) is 5.69 Å². The molecule has 0 aliphatic carbocycles. The van der Waals surface area contributed by atoms with Gasteiger partial charge in [0.2, 0.25) is 0 Å². The Morgan fingerprint density at radius 2 is 2.13 bits per heavy atom. The van der Waals surface area contributed by atoms with E-state index in [1.54, 1.807) is 20.8 Å². The second-order valence-corrected chi connectivity index (χ2v) is 5.63. The molecule has 3 N–H and O–H groups in total. The van der Waals surface area contributed by atoms with Crippen LogP contribution in [0.5, 0.6) is 0 Å². The smallest absolute Gasteiger partial charge is 0.407 e. The van der Waals surface area contributed by atoms with Crippen LogP contribution in [0.25, 0.3) is 0 Å². The minimum Gasteiger partial charge on any atom is -0.444 e. The number of nitrogens with zero attached hydrogens (tertiary/aromatic N) is 1. The van der Waals surface area contributed by atoms with Gasteiger partial charge in [0.1, 0.15) is 17.1 Å².